The van der Waals surface area contributed by atoms with Crippen LogP contribution >= 0.6 is 24.0 Å². The Labute approximate surface area is 186 Å². The van der Waals surface area contributed by atoms with E-state index < -0.39 is 0 Å². The fraction of sp³-hybridized carbons (Fsp3) is 0.619. The molecule has 0 aromatic heterocycles. The summed E-state index contributed by atoms with van der Waals surface area (Å²) < 4.78 is 5.72. The molecule has 0 saturated carbocycles. The van der Waals surface area contributed by atoms with Crippen LogP contribution in [0.1, 0.15) is 38.7 Å². The lowest BCUT2D eigenvalue weighted by Crippen LogP contribution is -2.47. The minimum absolute atomic E-state index is 0. The second-order valence-electron chi connectivity index (χ2n) is 6.86. The van der Waals surface area contributed by atoms with Gasteiger partial charge in [0, 0.05) is 46.3 Å². The van der Waals surface area contributed by atoms with E-state index in [1.165, 1.54) is 0 Å². The van der Waals surface area contributed by atoms with Crippen LogP contribution in [0.5, 0.6) is 0 Å². The number of hydrogen-bond donors (Lipinski definition) is 1. The van der Waals surface area contributed by atoms with Gasteiger partial charge >= 0.3 is 0 Å². The third-order valence-electron chi connectivity index (χ3n) is 4.75. The van der Waals surface area contributed by atoms with Crippen LogP contribution in [0, 0.1) is 0 Å². The van der Waals surface area contributed by atoms with E-state index in [0.717, 1.165) is 50.6 Å². The predicted molar refractivity (Wildman–Crippen MR) is 125 cm³/mol. The lowest BCUT2D eigenvalue weighted by Gasteiger charge is -2.34. The van der Waals surface area contributed by atoms with Crippen LogP contribution in [0.25, 0.3) is 0 Å². The molecule has 0 bridgehead atoms. The van der Waals surface area contributed by atoms with E-state index in [9.17, 15) is 4.79 Å². The van der Waals surface area contributed by atoms with Gasteiger partial charge in [0.05, 0.1) is 12.6 Å². The first-order valence-electron chi connectivity index (χ1n) is 10.1. The van der Waals surface area contributed by atoms with E-state index in [-0.39, 0.29) is 29.9 Å². The third-order valence-corrected chi connectivity index (χ3v) is 4.75. The summed E-state index contributed by atoms with van der Waals surface area (Å²) in [4.78, 5) is 21.1. The Bertz CT molecular complexity index is 589. The largest absolute Gasteiger partial charge is 0.378 e. The number of nitrogens with zero attached hydrogens (tertiary/aromatic N) is 3. The Morgan fingerprint density at radius 1 is 1.25 bits per heavy atom. The average molecular weight is 502 g/mol. The highest BCUT2D eigenvalue weighted by atomic mass is 127. The van der Waals surface area contributed by atoms with Crippen molar-refractivity contribution in [2.24, 2.45) is 4.99 Å². The Morgan fingerprint density at radius 2 is 1.93 bits per heavy atom. The maximum absolute atomic E-state index is 12.4. The second kappa shape index (κ2) is 13.8. The van der Waals surface area contributed by atoms with Gasteiger partial charge < -0.3 is 19.9 Å². The van der Waals surface area contributed by atoms with Crippen molar-refractivity contribution in [2.45, 2.75) is 45.8 Å². The predicted octanol–water partition coefficient (Wildman–Crippen LogP) is 3.12. The number of aliphatic imine (C=N–C) groups is 1. The SMILES string of the molecule is CCNC(=NCCC(=O)N(C)Cc1ccccc1)N1CCC(OCC)CC1.I. The molecular formula is C21H35IN4O2. The molecule has 0 spiro atoms. The molecule has 0 atom stereocenters. The highest BCUT2D eigenvalue weighted by Crippen LogP contribution is 2.14. The highest BCUT2D eigenvalue weighted by molar-refractivity contribution is 14.0. The monoisotopic (exact) mass is 502 g/mol. The van der Waals surface area contributed by atoms with Gasteiger partial charge in [0.15, 0.2) is 5.96 Å². The minimum atomic E-state index is 0. The summed E-state index contributed by atoms with van der Waals surface area (Å²) in [5.41, 5.74) is 1.14. The molecule has 1 heterocycles. The Morgan fingerprint density at radius 3 is 2.54 bits per heavy atom. The van der Waals surface area contributed by atoms with Gasteiger partial charge in [0.1, 0.15) is 0 Å². The second-order valence-corrected chi connectivity index (χ2v) is 6.86. The molecule has 1 aliphatic rings. The number of carbonyl (C=O) groups excluding carboxylic acids is 1. The summed E-state index contributed by atoms with van der Waals surface area (Å²) in [7, 11) is 1.85. The minimum Gasteiger partial charge on any atom is -0.378 e. The van der Waals surface area contributed by atoms with E-state index >= 15 is 0 Å². The summed E-state index contributed by atoms with van der Waals surface area (Å²) in [5, 5.41) is 3.35. The molecule has 158 valence electrons. The molecule has 1 saturated heterocycles. The van der Waals surface area contributed by atoms with Crippen molar-refractivity contribution in [3.05, 3.63) is 35.9 Å². The molecule has 6 nitrogen and oxygen atoms in total. The van der Waals surface area contributed by atoms with Crippen LogP contribution < -0.4 is 5.32 Å². The molecular weight excluding hydrogens is 467 g/mol. The van der Waals surface area contributed by atoms with E-state index in [4.69, 9.17) is 4.74 Å². The molecule has 2 rings (SSSR count). The normalized spacial score (nSPS) is 15.1. The lowest BCUT2D eigenvalue weighted by atomic mass is 10.1. The highest BCUT2D eigenvalue weighted by Gasteiger charge is 2.21. The van der Waals surface area contributed by atoms with Gasteiger partial charge in [-0.05, 0) is 32.3 Å². The molecule has 28 heavy (non-hydrogen) atoms. The maximum atomic E-state index is 12.4. The maximum Gasteiger partial charge on any atom is 0.224 e. The van der Waals surface area contributed by atoms with Crippen molar-refractivity contribution in [1.29, 1.82) is 0 Å². The fourth-order valence-electron chi connectivity index (χ4n) is 3.29. The van der Waals surface area contributed by atoms with Gasteiger partial charge in [-0.3, -0.25) is 9.79 Å². The number of benzene rings is 1. The third kappa shape index (κ3) is 8.34. The summed E-state index contributed by atoms with van der Waals surface area (Å²) >= 11 is 0. The van der Waals surface area contributed by atoms with Crippen molar-refractivity contribution in [3.8, 4) is 0 Å². The van der Waals surface area contributed by atoms with Crippen molar-refractivity contribution in [3.63, 3.8) is 0 Å². The number of likely N-dealkylation sites (tertiary alicyclic amines) is 1. The first-order valence-corrected chi connectivity index (χ1v) is 10.1. The standard InChI is InChI=1S/C21H34N4O2.HI/c1-4-22-21(25-15-12-19(13-16-25)27-5-2)23-14-11-20(26)24(3)17-18-9-7-6-8-10-18;/h6-10,19H,4-5,11-17H2,1-3H3,(H,22,23);1H. The average Bonchev–Trinajstić information content (AvgIpc) is 2.69. The van der Waals surface area contributed by atoms with Crippen molar-refractivity contribution >= 4 is 35.8 Å². The smallest absolute Gasteiger partial charge is 0.224 e. The molecule has 0 radical (unpaired) electrons. The van der Waals surface area contributed by atoms with Crippen LogP contribution in [0.3, 0.4) is 0 Å². The van der Waals surface area contributed by atoms with Crippen LogP contribution in [0.4, 0.5) is 0 Å². The van der Waals surface area contributed by atoms with Crippen LogP contribution in [-0.2, 0) is 16.1 Å². The topological polar surface area (TPSA) is 57.2 Å². The number of piperidine rings is 1. The number of hydrogen-bond acceptors (Lipinski definition) is 3. The van der Waals surface area contributed by atoms with Gasteiger partial charge in [0.2, 0.25) is 5.91 Å². The molecule has 1 aliphatic heterocycles. The number of carbonyl (C=O) groups is 1. The van der Waals surface area contributed by atoms with E-state index in [1.807, 2.05) is 44.3 Å². The van der Waals surface area contributed by atoms with E-state index in [2.05, 4.69) is 22.1 Å². The first kappa shape index (κ1) is 24.7. The van der Waals surface area contributed by atoms with Crippen molar-refractivity contribution in [1.82, 2.24) is 15.1 Å². The Kier molecular flexibility index (Phi) is 12.1. The zero-order chi connectivity index (χ0) is 19.5. The molecule has 7 heteroatoms. The van der Waals surface area contributed by atoms with Gasteiger partial charge in [-0.2, -0.15) is 0 Å². The molecule has 1 fully saturated rings. The molecule has 0 aliphatic carbocycles. The molecule has 1 aromatic rings. The number of guanidine groups is 1. The lowest BCUT2D eigenvalue weighted by molar-refractivity contribution is -0.130. The number of halogens is 1. The van der Waals surface area contributed by atoms with Gasteiger partial charge in [-0.1, -0.05) is 30.3 Å². The number of nitrogens with one attached hydrogen (secondary N) is 1. The molecule has 1 amide bonds. The van der Waals surface area contributed by atoms with E-state index in [0.29, 0.717) is 25.6 Å². The van der Waals surface area contributed by atoms with Crippen LogP contribution in [-0.4, -0.2) is 67.6 Å². The summed E-state index contributed by atoms with van der Waals surface area (Å²) in [5.74, 6) is 1.03. The molecule has 0 unspecified atom stereocenters. The van der Waals surface area contributed by atoms with Gasteiger partial charge in [-0.25, -0.2) is 0 Å². The van der Waals surface area contributed by atoms with Crippen LogP contribution in [0.2, 0.25) is 0 Å². The quantitative estimate of drug-likeness (QED) is 0.337. The zero-order valence-corrected chi connectivity index (χ0v) is 19.7. The van der Waals surface area contributed by atoms with Gasteiger partial charge in [-0.15, -0.1) is 24.0 Å². The fourth-order valence-corrected chi connectivity index (χ4v) is 3.29. The van der Waals surface area contributed by atoms with Crippen LogP contribution in [0.15, 0.2) is 35.3 Å². The van der Waals surface area contributed by atoms with E-state index in [1.54, 1.807) is 4.90 Å². The molecule has 1 aromatic carbocycles. The van der Waals surface area contributed by atoms with Gasteiger partial charge in [0.25, 0.3) is 0 Å². The summed E-state index contributed by atoms with van der Waals surface area (Å²) in [6, 6.07) is 10.1. The number of amides is 1. The summed E-state index contributed by atoms with van der Waals surface area (Å²) in [6.07, 6.45) is 2.84. The zero-order valence-electron chi connectivity index (χ0n) is 17.4. The number of ether oxygens (including phenoxy) is 1. The Balaban J connectivity index is 0.00000392. The number of rotatable bonds is 8. The Hall–Kier alpha value is -1.35. The molecule has 1 N–H and O–H groups in total. The van der Waals surface area contributed by atoms with Crippen molar-refractivity contribution < 1.29 is 9.53 Å². The summed E-state index contributed by atoms with van der Waals surface area (Å²) in [6.45, 7) is 8.74. The van der Waals surface area contributed by atoms with Crippen molar-refractivity contribution in [2.75, 3.05) is 39.8 Å². The first-order chi connectivity index (χ1) is 13.1.